The van der Waals surface area contributed by atoms with Crippen LogP contribution < -0.4 is 20.7 Å². The lowest BCUT2D eigenvalue weighted by atomic mass is 9.85. The Balaban J connectivity index is 0.810. The molecule has 1 atom stereocenters. The van der Waals surface area contributed by atoms with E-state index >= 15 is 8.78 Å². The summed E-state index contributed by atoms with van der Waals surface area (Å²) in [4.78, 5) is 57.8. The summed E-state index contributed by atoms with van der Waals surface area (Å²) in [6.07, 6.45) is 5.30. The van der Waals surface area contributed by atoms with Crippen LogP contribution in [0.2, 0.25) is 0 Å². The van der Waals surface area contributed by atoms with Crippen LogP contribution in [0.5, 0.6) is 0 Å². The van der Waals surface area contributed by atoms with E-state index in [0.29, 0.717) is 43.4 Å². The molecule has 3 saturated heterocycles. The smallest absolute Gasteiger partial charge is 0.281 e. The van der Waals surface area contributed by atoms with Crippen molar-refractivity contribution in [3.63, 3.8) is 0 Å². The molecule has 0 aliphatic carbocycles. The predicted molar refractivity (Wildman–Crippen MR) is 212 cm³/mol. The number of carbonyl (C=O) groups is 2. The average molecular weight is 824 g/mol. The van der Waals surface area contributed by atoms with E-state index in [-0.39, 0.29) is 29.9 Å². The highest BCUT2D eigenvalue weighted by Gasteiger charge is 2.39. The highest BCUT2D eigenvalue weighted by molar-refractivity contribution is 9.10. The number of benzene rings is 3. The van der Waals surface area contributed by atoms with E-state index in [1.54, 1.807) is 0 Å². The van der Waals surface area contributed by atoms with Gasteiger partial charge in [-0.25, -0.2) is 18.7 Å². The van der Waals surface area contributed by atoms with Crippen molar-refractivity contribution in [1.82, 2.24) is 29.7 Å². The normalized spacial score (nSPS) is 20.0. The zero-order valence-electron chi connectivity index (χ0n) is 31.2. The molecule has 2 aromatic heterocycles. The van der Waals surface area contributed by atoms with Crippen LogP contribution in [0.1, 0.15) is 79.7 Å². The second-order valence-electron chi connectivity index (χ2n) is 15.8. The van der Waals surface area contributed by atoms with E-state index < -0.39 is 34.8 Å². The first-order valence-corrected chi connectivity index (χ1v) is 20.0. The third kappa shape index (κ3) is 6.36. The van der Waals surface area contributed by atoms with Gasteiger partial charge in [-0.2, -0.15) is 4.98 Å². The number of piperazine rings is 1. The van der Waals surface area contributed by atoms with Crippen molar-refractivity contribution in [1.29, 1.82) is 0 Å². The molecule has 3 aromatic carbocycles. The number of piperidine rings is 2. The fraction of sp³-hybridized carbons (Fsp3) is 0.381. The van der Waals surface area contributed by atoms with Gasteiger partial charge in [0.05, 0.1) is 52.5 Å². The van der Waals surface area contributed by atoms with E-state index in [4.69, 9.17) is 9.97 Å². The lowest BCUT2D eigenvalue weighted by Gasteiger charge is -2.36. The zero-order chi connectivity index (χ0) is 38.9. The number of aromatic nitrogens is 4. The lowest BCUT2D eigenvalue weighted by Crippen LogP contribution is -2.46. The molecule has 9 rings (SSSR count). The van der Waals surface area contributed by atoms with Crippen LogP contribution in [0.15, 0.2) is 70.2 Å². The van der Waals surface area contributed by atoms with E-state index in [2.05, 4.69) is 77.5 Å². The number of carbonyl (C=O) groups excluding carboxylic acids is 2. The molecule has 0 radical (unpaired) electrons. The number of fused-ring (bicyclic) bond motifs is 5. The van der Waals surface area contributed by atoms with Gasteiger partial charge in [0.25, 0.3) is 5.56 Å². The van der Waals surface area contributed by atoms with E-state index in [1.807, 2.05) is 30.6 Å². The molecule has 4 aliphatic heterocycles. The second kappa shape index (κ2) is 14.1. The van der Waals surface area contributed by atoms with Crippen LogP contribution in [-0.2, 0) is 21.5 Å². The SMILES string of the molecule is CC1(C)c2ccc(N3CCN(Cc4ncc(N5CCC(c6cc(F)c(C7CCC(=O)NC7=O)c(F)c6)CC5)cn4)CC3)cc2-n2c1nc(=O)c1c(Br)cccc12. The van der Waals surface area contributed by atoms with Crippen molar-refractivity contribution in [3.8, 4) is 5.69 Å². The van der Waals surface area contributed by atoms with Gasteiger partial charge in [-0.1, -0.05) is 12.1 Å². The van der Waals surface area contributed by atoms with Crippen LogP contribution in [0.4, 0.5) is 20.2 Å². The maximum Gasteiger partial charge on any atom is 0.281 e. The zero-order valence-corrected chi connectivity index (χ0v) is 32.8. The van der Waals surface area contributed by atoms with Crippen molar-refractivity contribution in [3.05, 3.63) is 116 Å². The van der Waals surface area contributed by atoms with Crippen LogP contribution in [0.25, 0.3) is 16.6 Å². The Morgan fingerprint density at radius 2 is 1.55 bits per heavy atom. The monoisotopic (exact) mass is 822 g/mol. The number of anilines is 2. The van der Waals surface area contributed by atoms with Crippen LogP contribution >= 0.6 is 15.9 Å². The number of nitrogens with one attached hydrogen (secondary N) is 1. The number of rotatable bonds is 6. The molecule has 1 unspecified atom stereocenters. The molecule has 3 fully saturated rings. The van der Waals surface area contributed by atoms with Gasteiger partial charge in [0.2, 0.25) is 11.8 Å². The Kier molecular flexibility index (Phi) is 9.23. The highest BCUT2D eigenvalue weighted by atomic mass is 79.9. The van der Waals surface area contributed by atoms with Gasteiger partial charge in [-0.15, -0.1) is 0 Å². The largest absolute Gasteiger partial charge is 0.369 e. The molecule has 11 nitrogen and oxygen atoms in total. The van der Waals surface area contributed by atoms with Crippen LogP contribution in [-0.4, -0.2) is 75.5 Å². The third-order valence-corrected chi connectivity index (χ3v) is 12.8. The molecule has 14 heteroatoms. The molecule has 1 N–H and O–H groups in total. The Labute approximate surface area is 330 Å². The van der Waals surface area contributed by atoms with Crippen molar-refractivity contribution < 1.29 is 18.4 Å². The number of imide groups is 1. The maximum absolute atomic E-state index is 15.2. The van der Waals surface area contributed by atoms with Crippen molar-refractivity contribution >= 4 is 50.0 Å². The molecular formula is C42H41BrF2N8O3. The second-order valence-corrected chi connectivity index (χ2v) is 16.7. The summed E-state index contributed by atoms with van der Waals surface area (Å²) >= 11 is 3.57. The van der Waals surface area contributed by atoms with Gasteiger partial charge in [-0.05, 0) is 102 Å². The molecule has 0 saturated carbocycles. The number of nitrogens with zero attached hydrogens (tertiary/aromatic N) is 7. The number of amides is 2. The van der Waals surface area contributed by atoms with Gasteiger partial charge in [0.15, 0.2) is 0 Å². The molecule has 56 heavy (non-hydrogen) atoms. The summed E-state index contributed by atoms with van der Waals surface area (Å²) in [7, 11) is 0. The summed E-state index contributed by atoms with van der Waals surface area (Å²) in [5.74, 6) is -2.05. The van der Waals surface area contributed by atoms with Gasteiger partial charge in [0.1, 0.15) is 23.3 Å². The Hall–Kier alpha value is -5.08. The van der Waals surface area contributed by atoms with Crippen molar-refractivity contribution in [2.75, 3.05) is 49.1 Å². The minimum atomic E-state index is -1.00. The van der Waals surface area contributed by atoms with Crippen molar-refractivity contribution in [2.24, 2.45) is 0 Å². The average Bonchev–Trinajstić information content (AvgIpc) is 3.41. The molecule has 4 aliphatic rings. The third-order valence-electron chi connectivity index (χ3n) is 12.1. The lowest BCUT2D eigenvalue weighted by molar-refractivity contribution is -0.134. The summed E-state index contributed by atoms with van der Waals surface area (Å²) < 4.78 is 33.3. The minimum absolute atomic E-state index is 0.0190. The Morgan fingerprint density at radius 1 is 0.857 bits per heavy atom. The molecule has 2 amide bonds. The van der Waals surface area contributed by atoms with Crippen LogP contribution in [0, 0.1) is 11.6 Å². The summed E-state index contributed by atoms with van der Waals surface area (Å²) in [6, 6.07) is 15.1. The molecule has 0 spiro atoms. The van der Waals surface area contributed by atoms with Gasteiger partial charge in [-0.3, -0.25) is 29.2 Å². The Bertz CT molecular complexity index is 2430. The number of halogens is 3. The summed E-state index contributed by atoms with van der Waals surface area (Å²) in [6.45, 7) is 9.71. The first-order valence-electron chi connectivity index (χ1n) is 19.2. The van der Waals surface area contributed by atoms with Crippen molar-refractivity contribution in [2.45, 2.75) is 63.3 Å². The summed E-state index contributed by atoms with van der Waals surface area (Å²) in [5, 5.41) is 2.77. The fourth-order valence-electron chi connectivity index (χ4n) is 9.01. The van der Waals surface area contributed by atoms with E-state index in [0.717, 1.165) is 70.4 Å². The molecule has 0 bridgehead atoms. The van der Waals surface area contributed by atoms with Gasteiger partial charge >= 0.3 is 0 Å². The Morgan fingerprint density at radius 3 is 2.25 bits per heavy atom. The van der Waals surface area contributed by atoms with Gasteiger partial charge < -0.3 is 9.80 Å². The predicted octanol–water partition coefficient (Wildman–Crippen LogP) is 6.08. The first-order chi connectivity index (χ1) is 27.0. The number of hydrogen-bond acceptors (Lipinski definition) is 9. The summed E-state index contributed by atoms with van der Waals surface area (Å²) in [5.41, 5.74) is 4.81. The molecule has 288 valence electrons. The molecular weight excluding hydrogens is 782 g/mol. The topological polar surface area (TPSA) is 117 Å². The van der Waals surface area contributed by atoms with E-state index in [1.165, 1.54) is 12.1 Å². The standard InChI is InChI=1S/C42H41BrF2N8O3/c1-42(2)29-8-6-26(20-34(29)53-33-5-3-4-30(43)38(33)40(56)49-41(42)53)52-16-14-50(15-17-52)23-35-46-21-27(22-47-35)51-12-10-24(11-13-51)25-18-31(44)37(32(45)19-25)28-7-9-36(54)48-39(28)55/h3-6,8,18-22,24,28H,7,9-17,23H2,1-2H3,(H,48,54,55). The van der Waals surface area contributed by atoms with E-state index in [9.17, 15) is 14.4 Å². The first kappa shape index (κ1) is 36.6. The quantitative estimate of drug-likeness (QED) is 0.204. The fourth-order valence-corrected chi connectivity index (χ4v) is 9.54. The minimum Gasteiger partial charge on any atom is -0.369 e. The molecule has 6 heterocycles. The van der Waals surface area contributed by atoms with Crippen LogP contribution in [0.3, 0.4) is 0 Å². The van der Waals surface area contributed by atoms with Gasteiger partial charge in [0, 0.05) is 61.4 Å². The number of hydrogen-bond donors (Lipinski definition) is 1. The molecule has 5 aromatic rings. The highest BCUT2D eigenvalue weighted by Crippen LogP contribution is 2.44. The maximum atomic E-state index is 15.2.